The first-order valence-corrected chi connectivity index (χ1v) is 8.46. The van der Waals surface area contributed by atoms with E-state index in [1.54, 1.807) is 7.11 Å². The van der Waals surface area contributed by atoms with Crippen molar-refractivity contribution >= 4 is 16.8 Å². The van der Waals surface area contributed by atoms with Gasteiger partial charge in [0, 0.05) is 43.8 Å². The minimum atomic E-state index is 0.197. The van der Waals surface area contributed by atoms with Gasteiger partial charge < -0.3 is 14.2 Å². The van der Waals surface area contributed by atoms with Gasteiger partial charge in [-0.1, -0.05) is 18.2 Å². The predicted octanol–water partition coefficient (Wildman–Crippen LogP) is 2.98. The summed E-state index contributed by atoms with van der Waals surface area (Å²) in [4.78, 5) is 15.2. The highest BCUT2D eigenvalue weighted by atomic mass is 16.5. The van der Waals surface area contributed by atoms with Gasteiger partial charge in [0.25, 0.3) is 5.91 Å². The molecule has 1 amide bonds. The minimum Gasteiger partial charge on any atom is -0.381 e. The van der Waals surface area contributed by atoms with Crippen LogP contribution >= 0.6 is 0 Å². The highest BCUT2D eigenvalue weighted by Crippen LogP contribution is 2.40. The Labute approximate surface area is 137 Å². The number of benzene rings is 1. The van der Waals surface area contributed by atoms with E-state index in [4.69, 9.17) is 4.74 Å². The molecule has 4 nitrogen and oxygen atoms in total. The van der Waals surface area contributed by atoms with Crippen LogP contribution in [-0.2, 0) is 11.8 Å². The van der Waals surface area contributed by atoms with E-state index in [1.165, 1.54) is 0 Å². The number of nitrogens with zero attached hydrogens (tertiary/aromatic N) is 2. The van der Waals surface area contributed by atoms with Crippen LogP contribution in [0.5, 0.6) is 0 Å². The third kappa shape index (κ3) is 2.19. The van der Waals surface area contributed by atoms with Gasteiger partial charge in [-0.2, -0.15) is 0 Å². The summed E-state index contributed by atoms with van der Waals surface area (Å²) in [6.07, 6.45) is 2.58. The smallest absolute Gasteiger partial charge is 0.256 e. The zero-order chi connectivity index (χ0) is 16.1. The van der Waals surface area contributed by atoms with Gasteiger partial charge in [-0.05, 0) is 37.7 Å². The number of carbonyl (C=O) groups is 1. The summed E-state index contributed by atoms with van der Waals surface area (Å²) >= 11 is 0. The van der Waals surface area contributed by atoms with Gasteiger partial charge in [0.2, 0.25) is 0 Å². The molecular formula is C19H24N2O2. The molecule has 0 radical (unpaired) electrons. The number of hydrogen-bond acceptors (Lipinski definition) is 2. The normalized spacial score (nSPS) is 26.9. The molecule has 2 aromatic rings. The van der Waals surface area contributed by atoms with E-state index in [0.29, 0.717) is 17.9 Å². The standard InChI is InChI=1S/C19H24N2O2/c1-12-18(16-6-4-5-7-17(16)20(12)2)19(22)21-10-13-8-15(23-3)9-14(13)11-21/h4-7,13-15H,8-11H2,1-3H3/t13-,14+,15?. The second kappa shape index (κ2) is 5.38. The Morgan fingerprint density at radius 1 is 1.17 bits per heavy atom. The fraction of sp³-hybridized carbons (Fsp3) is 0.526. The van der Waals surface area contributed by atoms with Crippen molar-refractivity contribution in [2.75, 3.05) is 20.2 Å². The van der Waals surface area contributed by atoms with Gasteiger partial charge in [-0.3, -0.25) is 4.79 Å². The van der Waals surface area contributed by atoms with Crippen LogP contribution < -0.4 is 0 Å². The van der Waals surface area contributed by atoms with E-state index in [-0.39, 0.29) is 5.91 Å². The molecule has 0 N–H and O–H groups in total. The molecule has 1 saturated carbocycles. The van der Waals surface area contributed by atoms with Crippen LogP contribution in [0.2, 0.25) is 0 Å². The van der Waals surface area contributed by atoms with Crippen LogP contribution in [0, 0.1) is 18.8 Å². The van der Waals surface area contributed by atoms with Gasteiger partial charge in [-0.15, -0.1) is 0 Å². The van der Waals surface area contributed by atoms with Crippen molar-refractivity contribution in [3.63, 3.8) is 0 Å². The SMILES string of the molecule is COC1C[C@@H]2CN(C(=O)c3c(C)n(C)c4ccccc34)C[C@@H]2C1. The van der Waals surface area contributed by atoms with E-state index in [1.807, 2.05) is 26.1 Å². The van der Waals surface area contributed by atoms with E-state index in [9.17, 15) is 4.79 Å². The topological polar surface area (TPSA) is 34.5 Å². The number of ether oxygens (including phenoxy) is 1. The highest BCUT2D eigenvalue weighted by molar-refractivity contribution is 6.08. The number of rotatable bonds is 2. The number of para-hydroxylation sites is 1. The summed E-state index contributed by atoms with van der Waals surface area (Å²) in [5.74, 6) is 1.42. The van der Waals surface area contributed by atoms with E-state index < -0.39 is 0 Å². The molecular weight excluding hydrogens is 288 g/mol. The van der Waals surface area contributed by atoms with Gasteiger partial charge in [0.15, 0.2) is 0 Å². The molecule has 1 aliphatic heterocycles. The molecule has 2 aliphatic rings. The molecule has 2 heterocycles. The molecule has 1 saturated heterocycles. The molecule has 1 aliphatic carbocycles. The monoisotopic (exact) mass is 312 g/mol. The van der Waals surface area contributed by atoms with E-state index in [2.05, 4.69) is 21.6 Å². The van der Waals surface area contributed by atoms with Crippen molar-refractivity contribution in [1.82, 2.24) is 9.47 Å². The Bertz CT molecular complexity index is 750. The number of likely N-dealkylation sites (tertiary alicyclic amines) is 1. The average molecular weight is 312 g/mol. The first kappa shape index (κ1) is 14.8. The van der Waals surface area contributed by atoms with Crippen molar-refractivity contribution in [2.24, 2.45) is 18.9 Å². The molecule has 4 rings (SSSR count). The van der Waals surface area contributed by atoms with Crippen LogP contribution in [0.15, 0.2) is 24.3 Å². The lowest BCUT2D eigenvalue weighted by Crippen LogP contribution is -2.30. The summed E-state index contributed by atoms with van der Waals surface area (Å²) in [5.41, 5.74) is 3.07. The number of aryl methyl sites for hydroxylation is 1. The van der Waals surface area contributed by atoms with Gasteiger partial charge >= 0.3 is 0 Å². The summed E-state index contributed by atoms with van der Waals surface area (Å²) in [6.45, 7) is 3.81. The first-order valence-electron chi connectivity index (χ1n) is 8.46. The maximum absolute atomic E-state index is 13.2. The Morgan fingerprint density at radius 2 is 1.83 bits per heavy atom. The first-order chi connectivity index (χ1) is 11.1. The molecule has 1 unspecified atom stereocenters. The van der Waals surface area contributed by atoms with Crippen molar-refractivity contribution in [3.05, 3.63) is 35.5 Å². The van der Waals surface area contributed by atoms with Crippen molar-refractivity contribution < 1.29 is 9.53 Å². The summed E-state index contributed by atoms with van der Waals surface area (Å²) in [7, 11) is 3.84. The third-order valence-electron chi connectivity index (χ3n) is 5.94. The van der Waals surface area contributed by atoms with Crippen molar-refractivity contribution in [2.45, 2.75) is 25.9 Å². The molecule has 2 fully saturated rings. The van der Waals surface area contributed by atoms with E-state index in [0.717, 1.165) is 48.1 Å². The van der Waals surface area contributed by atoms with Crippen LogP contribution in [0.1, 0.15) is 28.9 Å². The zero-order valence-corrected chi connectivity index (χ0v) is 14.1. The maximum atomic E-state index is 13.2. The summed E-state index contributed by atoms with van der Waals surface area (Å²) in [5, 5.41) is 1.07. The largest absolute Gasteiger partial charge is 0.381 e. The second-order valence-electron chi connectivity index (χ2n) is 7.10. The lowest BCUT2D eigenvalue weighted by atomic mass is 10.0. The molecule has 1 aromatic carbocycles. The van der Waals surface area contributed by atoms with Crippen LogP contribution in [0.25, 0.3) is 10.9 Å². The average Bonchev–Trinajstić information content (AvgIpc) is 3.19. The Balaban J connectivity index is 1.63. The fourth-order valence-electron chi connectivity index (χ4n) is 4.55. The number of fused-ring (bicyclic) bond motifs is 2. The number of amides is 1. The summed E-state index contributed by atoms with van der Waals surface area (Å²) < 4.78 is 7.63. The van der Waals surface area contributed by atoms with Crippen molar-refractivity contribution in [1.29, 1.82) is 0 Å². The lowest BCUT2D eigenvalue weighted by Gasteiger charge is -2.19. The van der Waals surface area contributed by atoms with Gasteiger partial charge in [-0.25, -0.2) is 0 Å². The van der Waals surface area contributed by atoms with E-state index >= 15 is 0 Å². The Hall–Kier alpha value is -1.81. The highest BCUT2D eigenvalue weighted by Gasteiger charge is 2.43. The number of carbonyl (C=O) groups excluding carboxylic acids is 1. The lowest BCUT2D eigenvalue weighted by molar-refractivity contribution is 0.0732. The fourth-order valence-corrected chi connectivity index (χ4v) is 4.55. The Morgan fingerprint density at radius 3 is 2.48 bits per heavy atom. The maximum Gasteiger partial charge on any atom is 0.256 e. The number of methoxy groups -OCH3 is 1. The third-order valence-corrected chi connectivity index (χ3v) is 5.94. The van der Waals surface area contributed by atoms with Crippen LogP contribution in [-0.4, -0.2) is 41.7 Å². The quantitative estimate of drug-likeness (QED) is 0.854. The molecule has 122 valence electrons. The molecule has 1 aromatic heterocycles. The summed E-state index contributed by atoms with van der Waals surface area (Å²) in [6, 6.07) is 8.19. The van der Waals surface area contributed by atoms with Gasteiger partial charge in [0.1, 0.15) is 0 Å². The molecule has 0 spiro atoms. The molecule has 23 heavy (non-hydrogen) atoms. The van der Waals surface area contributed by atoms with Gasteiger partial charge in [0.05, 0.1) is 11.7 Å². The zero-order valence-electron chi connectivity index (χ0n) is 14.1. The molecule has 3 atom stereocenters. The van der Waals surface area contributed by atoms with Crippen LogP contribution in [0.4, 0.5) is 0 Å². The number of aromatic nitrogens is 1. The van der Waals surface area contributed by atoms with Crippen LogP contribution in [0.3, 0.4) is 0 Å². The second-order valence-corrected chi connectivity index (χ2v) is 7.10. The van der Waals surface area contributed by atoms with Crippen molar-refractivity contribution in [3.8, 4) is 0 Å². The number of hydrogen-bond donors (Lipinski definition) is 0. The molecule has 4 heteroatoms. The molecule has 0 bridgehead atoms. The Kier molecular flexibility index (Phi) is 3.45. The minimum absolute atomic E-state index is 0.197. The predicted molar refractivity (Wildman–Crippen MR) is 90.6 cm³/mol.